The number of ketones is 1. The monoisotopic (exact) mass is 1130 g/mol. The van der Waals surface area contributed by atoms with Gasteiger partial charge in [0.25, 0.3) is 0 Å². The first-order valence-corrected chi connectivity index (χ1v) is 29.7. The summed E-state index contributed by atoms with van der Waals surface area (Å²) in [7, 11) is 0. The average Bonchev–Trinajstić information content (AvgIpc) is 4.07. The molecule has 424 valence electrons. The smallest absolute Gasteiger partial charge is 0.240 e. The van der Waals surface area contributed by atoms with Crippen molar-refractivity contribution < 1.29 is 43.2 Å². The highest BCUT2D eigenvalue weighted by Gasteiger charge is 2.54. The molecule has 76 heavy (non-hydrogen) atoms. The number of rotatable bonds is 0. The number of Topliss-reactive ketones (excluding diaryl/α,β-unsaturated/α-hetero) is 1. The fraction of sp³-hybridized carbons (Fsp3) is 0.745. The highest BCUT2D eigenvalue weighted by molar-refractivity contribution is 8.16. The molecule has 0 saturated heterocycles. The van der Waals surface area contributed by atoms with Gasteiger partial charge in [0.1, 0.15) is 25.3 Å². The van der Waals surface area contributed by atoms with E-state index >= 15 is 0 Å². The van der Waals surface area contributed by atoms with Crippen LogP contribution in [0.1, 0.15) is 200 Å². The molecular weight excluding hydrogens is 1050 g/mol. The van der Waals surface area contributed by atoms with Gasteiger partial charge in [-0.05, 0) is 88.9 Å². The minimum atomic E-state index is -0.290. The molecule has 4 fully saturated rings. The van der Waals surface area contributed by atoms with E-state index in [4.69, 9.17) is 0 Å². The number of carbonyl (C=O) groups is 9. The van der Waals surface area contributed by atoms with Crippen LogP contribution in [0.4, 0.5) is 0 Å². The van der Waals surface area contributed by atoms with Gasteiger partial charge in [-0.15, -0.1) is 20.4 Å². The van der Waals surface area contributed by atoms with Crippen LogP contribution >= 0.6 is 47.0 Å². The number of nitrogens with zero attached hydrogens (tertiary/aromatic N) is 8. The zero-order chi connectivity index (χ0) is 56.9. The molecule has 4 aliphatic heterocycles. The van der Waals surface area contributed by atoms with Crippen molar-refractivity contribution in [1.82, 2.24) is 41.3 Å². The maximum absolute atomic E-state index is 11.8. The number of nitrogens with one attached hydrogen (secondary N) is 4. The summed E-state index contributed by atoms with van der Waals surface area (Å²) in [5.74, 6) is 0.878. The Morgan fingerprint density at radius 2 is 0.526 bits per heavy atom. The first kappa shape index (κ1) is 64.0. The summed E-state index contributed by atoms with van der Waals surface area (Å²) in [6.45, 7) is 23.6. The van der Waals surface area contributed by atoms with E-state index in [0.717, 1.165) is 77.0 Å². The lowest BCUT2D eigenvalue weighted by Gasteiger charge is -2.42. The molecule has 4 aliphatic carbocycles. The van der Waals surface area contributed by atoms with Crippen molar-refractivity contribution in [2.75, 3.05) is 0 Å². The Morgan fingerprint density at radius 3 is 0.658 bits per heavy atom. The predicted octanol–water partition coefficient (Wildman–Crippen LogP) is 8.18. The summed E-state index contributed by atoms with van der Waals surface area (Å²) in [5, 5.41) is 36.4. The second-order valence-corrected chi connectivity index (χ2v) is 26.1. The molecule has 4 spiro atoms. The second-order valence-electron chi connectivity index (χ2n) is 21.0. The van der Waals surface area contributed by atoms with Crippen LogP contribution < -0.4 is 21.3 Å². The first-order chi connectivity index (χ1) is 35.5. The van der Waals surface area contributed by atoms with Crippen molar-refractivity contribution in [2.45, 2.75) is 219 Å². The molecule has 0 unspecified atom stereocenters. The maximum Gasteiger partial charge on any atom is 0.240 e. The van der Waals surface area contributed by atoms with Crippen LogP contribution in [0.25, 0.3) is 0 Å². The van der Waals surface area contributed by atoms with Crippen LogP contribution in [0.5, 0.6) is 0 Å². The molecular formula is C51H82N12O9S4. The topological polar surface area (TPSA) is 264 Å². The van der Waals surface area contributed by atoms with Crippen LogP contribution in [-0.4, -0.2) is 113 Å². The quantitative estimate of drug-likeness (QED) is 0.179. The van der Waals surface area contributed by atoms with Crippen molar-refractivity contribution in [3.8, 4) is 0 Å². The van der Waals surface area contributed by atoms with E-state index in [0.29, 0.717) is 44.3 Å². The van der Waals surface area contributed by atoms with Crippen molar-refractivity contribution in [3.05, 3.63) is 0 Å². The van der Waals surface area contributed by atoms with Crippen molar-refractivity contribution in [2.24, 2.45) is 44.1 Å². The Bertz CT molecular complexity index is 2050. The lowest BCUT2D eigenvalue weighted by molar-refractivity contribution is -0.134. The Kier molecular flexibility index (Phi) is 23.5. The minimum Gasteiger partial charge on any atom is -0.304 e. The van der Waals surface area contributed by atoms with Gasteiger partial charge in [-0.3, -0.25) is 38.4 Å². The number of amidine groups is 4. The van der Waals surface area contributed by atoms with Gasteiger partial charge in [-0.25, -0.2) is 20.0 Å². The number of thioether (sulfide) groups is 4. The Morgan fingerprint density at radius 1 is 0.355 bits per heavy atom. The van der Waals surface area contributed by atoms with Gasteiger partial charge in [0, 0.05) is 55.4 Å². The zero-order valence-electron chi connectivity index (χ0n) is 47.0. The summed E-state index contributed by atoms with van der Waals surface area (Å²) in [6.07, 6.45) is 17.3. The molecule has 4 heterocycles. The third-order valence-electron chi connectivity index (χ3n) is 14.4. The highest BCUT2D eigenvalue weighted by atomic mass is 32.2. The number of hydrogen-bond acceptors (Lipinski definition) is 17. The lowest BCUT2D eigenvalue weighted by Crippen LogP contribution is -2.49. The largest absolute Gasteiger partial charge is 0.304 e. The van der Waals surface area contributed by atoms with Gasteiger partial charge < -0.3 is 26.1 Å². The fourth-order valence-electron chi connectivity index (χ4n) is 10.8. The van der Waals surface area contributed by atoms with Crippen LogP contribution in [-0.2, 0) is 43.2 Å². The minimum absolute atomic E-state index is 0.0587. The molecule has 0 aromatic rings. The summed E-state index contributed by atoms with van der Waals surface area (Å²) < 4.78 is 0. The Labute approximate surface area is 466 Å². The van der Waals surface area contributed by atoms with Gasteiger partial charge in [0.15, 0.2) is 20.7 Å². The van der Waals surface area contributed by atoms with E-state index < -0.39 is 0 Å². The van der Waals surface area contributed by atoms with E-state index in [-0.39, 0.29) is 72.5 Å². The number of amides is 8. The second kappa shape index (κ2) is 27.9. The third kappa shape index (κ3) is 15.8. The van der Waals surface area contributed by atoms with E-state index in [9.17, 15) is 43.2 Å². The van der Waals surface area contributed by atoms with Crippen LogP contribution in [0.2, 0.25) is 0 Å². The van der Waals surface area contributed by atoms with Gasteiger partial charge in [-0.1, -0.05) is 126 Å². The molecule has 0 aromatic carbocycles. The summed E-state index contributed by atoms with van der Waals surface area (Å²) >= 11 is 6.12. The Balaban J connectivity index is 0.000000214. The average molecular weight is 1140 g/mol. The molecule has 0 radical (unpaired) electrons. The lowest BCUT2D eigenvalue weighted by atomic mass is 9.84. The molecule has 21 nitrogen and oxygen atoms in total. The SMILES string of the molecule is CC(=O)NC1=NN(C(C)=O)[C@@]2(CCCC[C@@H]2C)S1.CC(=O)NC1=NN(C(C)=O)[C@@]2(CCCC[C@@H]2C)S1.CC(=O)NC1=NN(C(C)=O)[C@@]2(CCCC[C@@H]2C)S1.CC(=O)NC1=NN(C(C)=O)[C@@]2(CCCC[C@@H]2C)S1.CC(C)=O. The summed E-state index contributed by atoms with van der Waals surface area (Å²) in [5.41, 5.74) is 0. The van der Waals surface area contributed by atoms with Gasteiger partial charge in [0.2, 0.25) is 47.3 Å². The summed E-state index contributed by atoms with van der Waals surface area (Å²) in [6, 6.07) is 0. The zero-order valence-corrected chi connectivity index (χ0v) is 50.3. The van der Waals surface area contributed by atoms with Crippen LogP contribution in [0, 0.1) is 23.7 Å². The van der Waals surface area contributed by atoms with Crippen LogP contribution in [0.15, 0.2) is 20.4 Å². The molecule has 0 aromatic heterocycles. The van der Waals surface area contributed by atoms with E-state index in [1.807, 2.05) is 0 Å². The molecule has 8 atom stereocenters. The van der Waals surface area contributed by atoms with Crippen molar-refractivity contribution in [3.63, 3.8) is 0 Å². The highest BCUT2D eigenvalue weighted by Crippen LogP contribution is 2.53. The molecule has 4 N–H and O–H groups in total. The van der Waals surface area contributed by atoms with Gasteiger partial charge in [-0.2, -0.15) is 0 Å². The molecule has 8 aliphatic rings. The van der Waals surface area contributed by atoms with E-state index in [2.05, 4.69) is 69.4 Å². The van der Waals surface area contributed by atoms with Crippen LogP contribution in [0.3, 0.4) is 0 Å². The first-order valence-electron chi connectivity index (χ1n) is 26.5. The normalized spacial score (nSPS) is 30.1. The maximum atomic E-state index is 11.8. The van der Waals surface area contributed by atoms with E-state index in [1.54, 1.807) is 20.0 Å². The number of carbonyl (C=O) groups excluding carboxylic acids is 9. The molecule has 8 rings (SSSR count). The van der Waals surface area contributed by atoms with E-state index in [1.165, 1.54) is 142 Å². The Hall–Kier alpha value is -4.49. The molecule has 4 saturated carbocycles. The third-order valence-corrected chi connectivity index (χ3v) is 20.4. The fourth-order valence-corrected chi connectivity index (χ4v) is 16.7. The molecule has 25 heteroatoms. The predicted molar refractivity (Wildman–Crippen MR) is 303 cm³/mol. The number of hydrazone groups is 4. The van der Waals surface area contributed by atoms with Crippen molar-refractivity contribution >= 4 is 121 Å². The van der Waals surface area contributed by atoms with Gasteiger partial charge >= 0.3 is 0 Å². The molecule has 8 amide bonds. The summed E-state index contributed by atoms with van der Waals surface area (Å²) in [4.78, 5) is 99.9. The number of hydrogen-bond donors (Lipinski definition) is 4. The van der Waals surface area contributed by atoms with Gasteiger partial charge in [0.05, 0.1) is 0 Å². The van der Waals surface area contributed by atoms with Crippen molar-refractivity contribution in [1.29, 1.82) is 0 Å². The molecule has 0 bridgehead atoms. The standard InChI is InChI=1S/4C12H19N3O2S.C3H6O/c4*1-8-6-4-5-7-12(8)15(10(3)17)14-11(18-12)13-9(2)16;1-3(2)4/h4*8H,4-7H2,1-3H3,(H,13,14,16);1-2H3/t4*8-,12-;/m0000./s1.